The third-order valence-corrected chi connectivity index (χ3v) is 5.56. The van der Waals surface area contributed by atoms with E-state index in [0.717, 1.165) is 16.7 Å². The summed E-state index contributed by atoms with van der Waals surface area (Å²) in [5, 5.41) is 3.02. The van der Waals surface area contributed by atoms with Crippen molar-refractivity contribution in [3.63, 3.8) is 0 Å². The van der Waals surface area contributed by atoms with Crippen LogP contribution in [-0.4, -0.2) is 23.5 Å². The van der Waals surface area contributed by atoms with Gasteiger partial charge in [0.25, 0.3) is 0 Å². The van der Waals surface area contributed by atoms with Crippen molar-refractivity contribution in [1.29, 1.82) is 0 Å². The minimum Gasteiger partial charge on any atom is -0.454 e. The minimum atomic E-state index is -0.737. The number of nitrogens with zero attached hydrogens (tertiary/aromatic N) is 1. The molecule has 6 nitrogen and oxygen atoms in total. The highest BCUT2D eigenvalue weighted by atomic mass is 16.7. The van der Waals surface area contributed by atoms with Gasteiger partial charge in [0.1, 0.15) is 6.04 Å². The van der Waals surface area contributed by atoms with Crippen molar-refractivity contribution in [2.45, 2.75) is 38.9 Å². The predicted octanol–water partition coefficient (Wildman–Crippen LogP) is 4.60. The number of fused-ring (bicyclic) bond motifs is 1. The van der Waals surface area contributed by atoms with E-state index >= 15 is 0 Å². The maximum atomic E-state index is 13.5. The van der Waals surface area contributed by atoms with Crippen LogP contribution in [-0.2, 0) is 22.7 Å². The van der Waals surface area contributed by atoms with Crippen LogP contribution in [0.1, 0.15) is 42.5 Å². The van der Waals surface area contributed by atoms with Crippen molar-refractivity contribution in [1.82, 2.24) is 10.2 Å². The van der Waals surface area contributed by atoms with Crippen molar-refractivity contribution < 1.29 is 19.1 Å². The lowest BCUT2D eigenvalue weighted by Gasteiger charge is -2.31. The fraction of sp³-hybridized carbons (Fsp3) is 0.259. The average Bonchev–Trinajstić information content (AvgIpc) is 3.32. The Morgan fingerprint density at radius 3 is 2.33 bits per heavy atom. The molecule has 1 aliphatic rings. The Labute approximate surface area is 194 Å². The monoisotopic (exact) mass is 444 g/mol. The van der Waals surface area contributed by atoms with E-state index in [0.29, 0.717) is 37.4 Å². The third kappa shape index (κ3) is 5.52. The number of ether oxygens (including phenoxy) is 2. The van der Waals surface area contributed by atoms with Crippen LogP contribution in [0.5, 0.6) is 11.5 Å². The lowest BCUT2D eigenvalue weighted by molar-refractivity contribution is -0.141. The Hall–Kier alpha value is -3.80. The van der Waals surface area contributed by atoms with Crippen molar-refractivity contribution in [2.75, 3.05) is 6.79 Å². The maximum absolute atomic E-state index is 13.5. The topological polar surface area (TPSA) is 67.9 Å². The van der Waals surface area contributed by atoms with E-state index in [1.54, 1.807) is 4.90 Å². The second-order valence-corrected chi connectivity index (χ2v) is 7.98. The lowest BCUT2D eigenvalue weighted by atomic mass is 10.0. The van der Waals surface area contributed by atoms with Crippen LogP contribution >= 0.6 is 0 Å². The third-order valence-electron chi connectivity index (χ3n) is 5.56. The number of hydrogen-bond acceptors (Lipinski definition) is 4. The van der Waals surface area contributed by atoms with Crippen LogP contribution in [0.4, 0.5) is 0 Å². The predicted molar refractivity (Wildman–Crippen MR) is 125 cm³/mol. The van der Waals surface area contributed by atoms with E-state index in [1.165, 1.54) is 0 Å². The van der Waals surface area contributed by atoms with Gasteiger partial charge in [0.05, 0.1) is 0 Å². The summed E-state index contributed by atoms with van der Waals surface area (Å²) in [5.41, 5.74) is 2.65. The van der Waals surface area contributed by atoms with E-state index < -0.39 is 6.04 Å². The average molecular weight is 445 g/mol. The van der Waals surface area contributed by atoms with Gasteiger partial charge in [-0.3, -0.25) is 9.59 Å². The van der Waals surface area contributed by atoms with E-state index in [1.807, 2.05) is 85.8 Å². The molecule has 0 bridgehead atoms. The number of hydrogen-bond donors (Lipinski definition) is 1. The summed E-state index contributed by atoms with van der Waals surface area (Å²) in [6.45, 7) is 2.85. The zero-order valence-electron chi connectivity index (χ0n) is 18.7. The van der Waals surface area contributed by atoms with Gasteiger partial charge in [-0.05, 0) is 35.2 Å². The molecule has 3 aromatic carbocycles. The molecule has 6 heteroatoms. The number of rotatable bonds is 9. The van der Waals surface area contributed by atoms with Gasteiger partial charge in [0.15, 0.2) is 11.5 Å². The zero-order valence-corrected chi connectivity index (χ0v) is 18.7. The number of nitrogens with one attached hydrogen (secondary N) is 1. The molecule has 0 aromatic heterocycles. The Bertz CT molecular complexity index is 1090. The molecule has 33 heavy (non-hydrogen) atoms. The molecule has 3 aromatic rings. The van der Waals surface area contributed by atoms with Crippen LogP contribution in [0.3, 0.4) is 0 Å². The Morgan fingerprint density at radius 2 is 1.61 bits per heavy atom. The first-order valence-electron chi connectivity index (χ1n) is 11.2. The molecule has 0 unspecified atom stereocenters. The summed E-state index contributed by atoms with van der Waals surface area (Å²) in [6, 6.07) is 24.1. The smallest absolute Gasteiger partial charge is 0.247 e. The number of carbonyl (C=O) groups is 2. The summed E-state index contributed by atoms with van der Waals surface area (Å²) < 4.78 is 10.8. The molecule has 4 rings (SSSR count). The fourth-order valence-corrected chi connectivity index (χ4v) is 3.91. The molecule has 1 aliphatic heterocycles. The van der Waals surface area contributed by atoms with Crippen LogP contribution in [0, 0.1) is 0 Å². The largest absolute Gasteiger partial charge is 0.454 e. The molecular formula is C27H28N2O4. The first kappa shape index (κ1) is 22.4. The number of amides is 2. The van der Waals surface area contributed by atoms with Gasteiger partial charge in [-0.2, -0.15) is 0 Å². The molecule has 1 N–H and O–H groups in total. The molecule has 0 fully saturated rings. The maximum Gasteiger partial charge on any atom is 0.247 e. The van der Waals surface area contributed by atoms with Gasteiger partial charge >= 0.3 is 0 Å². The Balaban J connectivity index is 1.59. The molecule has 2 amide bonds. The van der Waals surface area contributed by atoms with E-state index in [4.69, 9.17) is 9.47 Å². The zero-order chi connectivity index (χ0) is 23.0. The fourth-order valence-electron chi connectivity index (χ4n) is 3.91. The Morgan fingerprint density at radius 1 is 0.909 bits per heavy atom. The van der Waals surface area contributed by atoms with Crippen molar-refractivity contribution in [2.24, 2.45) is 0 Å². The standard InChI is InChI=1S/C27H28N2O4/c1-2-9-25(30)29(18-20-10-5-3-6-11-20)26(22-12-7-4-8-13-22)27(31)28-17-21-14-15-23-24(16-21)33-19-32-23/h3-8,10-16,26H,2,9,17-19H2,1H3,(H,28,31)/t26-/m0/s1. The summed E-state index contributed by atoms with van der Waals surface area (Å²) >= 11 is 0. The molecule has 0 saturated heterocycles. The van der Waals surface area contributed by atoms with E-state index in [-0.39, 0.29) is 18.6 Å². The van der Waals surface area contributed by atoms with Gasteiger partial charge in [0.2, 0.25) is 18.6 Å². The number of benzene rings is 3. The summed E-state index contributed by atoms with van der Waals surface area (Å²) in [7, 11) is 0. The van der Waals surface area contributed by atoms with Crippen LogP contribution in [0.2, 0.25) is 0 Å². The molecule has 0 spiro atoms. The van der Waals surface area contributed by atoms with Crippen LogP contribution in [0.15, 0.2) is 78.9 Å². The molecule has 1 heterocycles. The van der Waals surface area contributed by atoms with Crippen LogP contribution < -0.4 is 14.8 Å². The molecular weight excluding hydrogens is 416 g/mol. The lowest BCUT2D eigenvalue weighted by Crippen LogP contribution is -2.43. The molecule has 0 aliphatic carbocycles. The van der Waals surface area contributed by atoms with Crippen molar-refractivity contribution in [3.05, 3.63) is 95.6 Å². The van der Waals surface area contributed by atoms with Crippen molar-refractivity contribution in [3.8, 4) is 11.5 Å². The quantitative estimate of drug-likeness (QED) is 0.524. The second kappa shape index (κ2) is 10.7. The molecule has 0 saturated carbocycles. The molecule has 0 radical (unpaired) electrons. The normalized spacial score (nSPS) is 12.8. The highest BCUT2D eigenvalue weighted by Crippen LogP contribution is 2.32. The minimum absolute atomic E-state index is 0.0477. The highest BCUT2D eigenvalue weighted by molar-refractivity contribution is 5.88. The van der Waals surface area contributed by atoms with E-state index in [2.05, 4.69) is 5.32 Å². The highest BCUT2D eigenvalue weighted by Gasteiger charge is 2.31. The molecule has 1 atom stereocenters. The Kier molecular flexibility index (Phi) is 7.25. The SMILES string of the molecule is CCCC(=O)N(Cc1ccccc1)[C@H](C(=O)NCc1ccc2c(c1)OCO2)c1ccccc1. The van der Waals surface area contributed by atoms with Gasteiger partial charge < -0.3 is 19.7 Å². The first-order chi connectivity index (χ1) is 16.2. The van der Waals surface area contributed by atoms with Gasteiger partial charge in [-0.15, -0.1) is 0 Å². The summed E-state index contributed by atoms with van der Waals surface area (Å²) in [6.07, 6.45) is 1.09. The van der Waals surface area contributed by atoms with E-state index in [9.17, 15) is 9.59 Å². The number of carbonyl (C=O) groups excluding carboxylic acids is 2. The van der Waals surface area contributed by atoms with Gasteiger partial charge in [-0.25, -0.2) is 0 Å². The molecule has 170 valence electrons. The van der Waals surface area contributed by atoms with Gasteiger partial charge in [-0.1, -0.05) is 73.7 Å². The summed E-state index contributed by atoms with van der Waals surface area (Å²) in [4.78, 5) is 28.4. The van der Waals surface area contributed by atoms with Gasteiger partial charge in [0, 0.05) is 19.5 Å². The second-order valence-electron chi connectivity index (χ2n) is 7.98. The first-order valence-corrected chi connectivity index (χ1v) is 11.2. The van der Waals surface area contributed by atoms with Crippen molar-refractivity contribution >= 4 is 11.8 Å². The summed E-state index contributed by atoms with van der Waals surface area (Å²) in [5.74, 6) is 1.10. The van der Waals surface area contributed by atoms with Crippen LogP contribution in [0.25, 0.3) is 0 Å².